The number of aryl methyl sites for hydroxylation is 1. The third-order valence-corrected chi connectivity index (χ3v) is 2.97. The Morgan fingerprint density at radius 2 is 2.19 bits per heavy atom. The van der Waals surface area contributed by atoms with Crippen molar-refractivity contribution in [3.63, 3.8) is 0 Å². The highest BCUT2D eigenvalue weighted by atomic mass is 19.1. The Kier molecular flexibility index (Phi) is 2.52. The summed E-state index contributed by atoms with van der Waals surface area (Å²) < 4.78 is 18.5. The van der Waals surface area contributed by atoms with E-state index in [0.717, 1.165) is 18.4 Å². The molecule has 0 aromatic heterocycles. The van der Waals surface area contributed by atoms with Crippen LogP contribution in [0, 0.1) is 12.7 Å². The summed E-state index contributed by atoms with van der Waals surface area (Å²) in [5.74, 6) is 0.131. The average Bonchev–Trinajstić information content (AvgIpc) is 3.03. The summed E-state index contributed by atoms with van der Waals surface area (Å²) in [5, 5.41) is 0. The Morgan fingerprint density at radius 3 is 2.69 bits per heavy atom. The van der Waals surface area contributed by atoms with Gasteiger partial charge in [-0.2, -0.15) is 4.99 Å². The molecule has 0 amide bonds. The first-order valence-electron chi connectivity index (χ1n) is 5.06. The minimum atomic E-state index is -0.522. The van der Waals surface area contributed by atoms with Crippen LogP contribution in [0.1, 0.15) is 24.0 Å². The standard InChI is InChI=1S/C12H12FNO2/c1-8-5-9(11(16-2)6-10(8)13)12(3-4-12)14-7-15/h5-6H,3-4H2,1-2H3. The van der Waals surface area contributed by atoms with Crippen LogP contribution in [-0.2, 0) is 10.3 Å². The third kappa shape index (κ3) is 1.61. The topological polar surface area (TPSA) is 38.7 Å². The van der Waals surface area contributed by atoms with E-state index in [9.17, 15) is 9.18 Å². The number of rotatable bonds is 3. The quantitative estimate of drug-likeness (QED) is 0.581. The number of carbonyl (C=O) groups excluding carboxylic acids is 1. The van der Waals surface area contributed by atoms with Crippen LogP contribution in [0.4, 0.5) is 4.39 Å². The van der Waals surface area contributed by atoms with E-state index in [-0.39, 0.29) is 5.82 Å². The van der Waals surface area contributed by atoms with Crippen LogP contribution in [0.5, 0.6) is 5.75 Å². The summed E-state index contributed by atoms with van der Waals surface area (Å²) in [6.07, 6.45) is 3.14. The lowest BCUT2D eigenvalue weighted by Gasteiger charge is -2.14. The molecule has 1 fully saturated rings. The van der Waals surface area contributed by atoms with Crippen molar-refractivity contribution in [3.05, 3.63) is 29.1 Å². The molecule has 0 saturated heterocycles. The van der Waals surface area contributed by atoms with E-state index in [1.165, 1.54) is 13.2 Å². The minimum Gasteiger partial charge on any atom is -0.496 e. The molecule has 4 heteroatoms. The number of nitrogens with zero attached hydrogens (tertiary/aromatic N) is 1. The van der Waals surface area contributed by atoms with Gasteiger partial charge in [0.05, 0.1) is 7.11 Å². The lowest BCUT2D eigenvalue weighted by molar-refractivity contribution is 0.400. The van der Waals surface area contributed by atoms with Crippen molar-refractivity contribution in [1.29, 1.82) is 0 Å². The smallest absolute Gasteiger partial charge is 0.235 e. The van der Waals surface area contributed by atoms with Gasteiger partial charge in [-0.05, 0) is 31.4 Å². The molecule has 16 heavy (non-hydrogen) atoms. The summed E-state index contributed by atoms with van der Waals surface area (Å²) in [7, 11) is 1.48. The fourth-order valence-electron chi connectivity index (χ4n) is 1.84. The van der Waals surface area contributed by atoms with Crippen LogP contribution in [-0.4, -0.2) is 13.2 Å². The Morgan fingerprint density at radius 1 is 1.50 bits per heavy atom. The van der Waals surface area contributed by atoms with E-state index < -0.39 is 5.54 Å². The number of hydrogen-bond acceptors (Lipinski definition) is 3. The van der Waals surface area contributed by atoms with Crippen molar-refractivity contribution in [3.8, 4) is 5.75 Å². The molecule has 2 rings (SSSR count). The largest absolute Gasteiger partial charge is 0.496 e. The van der Waals surface area contributed by atoms with Gasteiger partial charge in [0.1, 0.15) is 17.1 Å². The van der Waals surface area contributed by atoms with E-state index in [0.29, 0.717) is 11.3 Å². The molecule has 0 bridgehead atoms. The van der Waals surface area contributed by atoms with Gasteiger partial charge in [0, 0.05) is 11.6 Å². The monoisotopic (exact) mass is 221 g/mol. The average molecular weight is 221 g/mol. The Balaban J connectivity index is 2.55. The van der Waals surface area contributed by atoms with Crippen LogP contribution in [0.15, 0.2) is 17.1 Å². The second-order valence-electron chi connectivity index (χ2n) is 4.04. The fraction of sp³-hybridized carbons (Fsp3) is 0.417. The number of methoxy groups -OCH3 is 1. The first kappa shape index (κ1) is 10.8. The number of isocyanates is 1. The lowest BCUT2D eigenvalue weighted by Crippen LogP contribution is -2.06. The minimum absolute atomic E-state index is 0.313. The Hall–Kier alpha value is -1.67. The van der Waals surface area contributed by atoms with Gasteiger partial charge >= 0.3 is 0 Å². The molecule has 0 spiro atoms. The van der Waals surface area contributed by atoms with Crippen molar-refractivity contribution in [1.82, 2.24) is 0 Å². The van der Waals surface area contributed by atoms with Crippen LogP contribution >= 0.6 is 0 Å². The summed E-state index contributed by atoms with van der Waals surface area (Å²) in [6.45, 7) is 1.68. The molecular formula is C12H12FNO2. The molecule has 0 N–H and O–H groups in total. The zero-order chi connectivity index (χ0) is 11.8. The molecule has 1 aromatic rings. The van der Waals surface area contributed by atoms with Gasteiger partial charge in [-0.25, -0.2) is 9.18 Å². The molecule has 0 heterocycles. The van der Waals surface area contributed by atoms with Gasteiger partial charge in [0.15, 0.2) is 0 Å². The number of benzene rings is 1. The molecule has 1 saturated carbocycles. The molecule has 0 radical (unpaired) electrons. The van der Waals surface area contributed by atoms with Crippen molar-refractivity contribution < 1.29 is 13.9 Å². The van der Waals surface area contributed by atoms with E-state index in [1.807, 2.05) is 0 Å². The molecule has 1 aliphatic carbocycles. The molecule has 84 valence electrons. The van der Waals surface area contributed by atoms with Crippen LogP contribution in [0.25, 0.3) is 0 Å². The Bertz CT molecular complexity index is 474. The molecule has 1 aliphatic rings. The van der Waals surface area contributed by atoms with Crippen LogP contribution in [0.3, 0.4) is 0 Å². The van der Waals surface area contributed by atoms with Crippen molar-refractivity contribution in [2.24, 2.45) is 4.99 Å². The maximum absolute atomic E-state index is 13.4. The van der Waals surface area contributed by atoms with Crippen molar-refractivity contribution >= 4 is 6.08 Å². The number of aliphatic imine (C=N–C) groups is 1. The summed E-state index contributed by atoms with van der Waals surface area (Å²) in [6, 6.07) is 3.03. The Labute approximate surface area is 93.0 Å². The molecule has 0 aliphatic heterocycles. The van der Waals surface area contributed by atoms with Crippen LogP contribution < -0.4 is 4.74 Å². The second kappa shape index (κ2) is 3.72. The first-order chi connectivity index (χ1) is 7.63. The van der Waals surface area contributed by atoms with E-state index >= 15 is 0 Å². The summed E-state index contributed by atoms with van der Waals surface area (Å²) >= 11 is 0. The van der Waals surface area contributed by atoms with E-state index in [1.54, 1.807) is 19.1 Å². The molecular weight excluding hydrogens is 209 g/mol. The van der Waals surface area contributed by atoms with E-state index in [4.69, 9.17) is 4.74 Å². The molecule has 3 nitrogen and oxygen atoms in total. The normalized spacial score (nSPS) is 16.4. The van der Waals surface area contributed by atoms with Gasteiger partial charge in [0.2, 0.25) is 6.08 Å². The fourth-order valence-corrected chi connectivity index (χ4v) is 1.84. The lowest BCUT2D eigenvalue weighted by atomic mass is 10.0. The predicted octanol–water partition coefficient (Wildman–Crippen LogP) is 2.47. The highest BCUT2D eigenvalue weighted by Gasteiger charge is 2.47. The zero-order valence-corrected chi connectivity index (χ0v) is 9.21. The summed E-state index contributed by atoms with van der Waals surface area (Å²) in [4.78, 5) is 14.2. The van der Waals surface area contributed by atoms with Gasteiger partial charge in [-0.1, -0.05) is 0 Å². The van der Waals surface area contributed by atoms with Gasteiger partial charge in [-0.15, -0.1) is 0 Å². The third-order valence-electron chi connectivity index (χ3n) is 2.97. The highest BCUT2D eigenvalue weighted by molar-refractivity contribution is 5.49. The van der Waals surface area contributed by atoms with Crippen molar-refractivity contribution in [2.45, 2.75) is 25.3 Å². The predicted molar refractivity (Wildman–Crippen MR) is 56.7 cm³/mol. The molecule has 1 aromatic carbocycles. The van der Waals surface area contributed by atoms with Crippen LogP contribution in [0.2, 0.25) is 0 Å². The number of halogens is 1. The SMILES string of the molecule is COc1cc(F)c(C)cc1C1(N=C=O)CC1. The molecule has 0 unspecified atom stereocenters. The zero-order valence-electron chi connectivity index (χ0n) is 9.21. The maximum Gasteiger partial charge on any atom is 0.235 e. The van der Waals surface area contributed by atoms with Crippen molar-refractivity contribution in [2.75, 3.05) is 7.11 Å². The van der Waals surface area contributed by atoms with Gasteiger partial charge in [0.25, 0.3) is 0 Å². The maximum atomic E-state index is 13.4. The number of ether oxygens (including phenoxy) is 1. The highest BCUT2D eigenvalue weighted by Crippen LogP contribution is 2.52. The molecule has 0 atom stereocenters. The first-order valence-corrected chi connectivity index (χ1v) is 5.06. The number of hydrogen-bond donors (Lipinski definition) is 0. The second-order valence-corrected chi connectivity index (χ2v) is 4.04. The van der Waals surface area contributed by atoms with E-state index in [2.05, 4.69) is 4.99 Å². The van der Waals surface area contributed by atoms with Gasteiger partial charge < -0.3 is 4.74 Å². The summed E-state index contributed by atoms with van der Waals surface area (Å²) in [5.41, 5.74) is 0.784. The van der Waals surface area contributed by atoms with Gasteiger partial charge in [-0.3, -0.25) is 0 Å².